The first-order valence-electron chi connectivity index (χ1n) is 9.20. The van der Waals surface area contributed by atoms with Crippen LogP contribution in [-0.2, 0) is 22.4 Å². The molecule has 0 radical (unpaired) electrons. The highest BCUT2D eigenvalue weighted by Gasteiger charge is 2.19. The minimum atomic E-state index is -0.120. The highest BCUT2D eigenvalue weighted by Crippen LogP contribution is 2.32. The van der Waals surface area contributed by atoms with Crippen molar-refractivity contribution in [2.24, 2.45) is 5.92 Å². The quantitative estimate of drug-likeness (QED) is 0.513. The minimum absolute atomic E-state index is 0.0164. The van der Waals surface area contributed by atoms with Crippen molar-refractivity contribution in [3.63, 3.8) is 0 Å². The van der Waals surface area contributed by atoms with E-state index in [9.17, 15) is 4.79 Å². The highest BCUT2D eigenvalue weighted by atomic mass is 32.2. The molecule has 1 amide bonds. The summed E-state index contributed by atoms with van der Waals surface area (Å²) in [4.78, 5) is 21.1. The molecule has 3 aromatic rings. The van der Waals surface area contributed by atoms with E-state index in [0.29, 0.717) is 23.2 Å². The lowest BCUT2D eigenvalue weighted by Gasteiger charge is -2.12. The fraction of sp³-hybridized carbons (Fsp3) is 0.381. The van der Waals surface area contributed by atoms with Crippen molar-refractivity contribution in [1.82, 2.24) is 9.97 Å². The molecule has 1 atom stereocenters. The molecule has 148 valence electrons. The number of amides is 1. The molecule has 28 heavy (non-hydrogen) atoms. The molecular formula is C21H25N3O2S2. The number of aromatic nitrogens is 2. The molecule has 0 saturated carbocycles. The molecule has 0 aliphatic carbocycles. The normalized spacial score (nSPS) is 12.7. The smallest absolute Gasteiger partial charge is 0.229 e. The molecule has 7 heteroatoms. The fourth-order valence-electron chi connectivity index (χ4n) is 2.53. The topological polar surface area (TPSA) is 68.0 Å². The van der Waals surface area contributed by atoms with Gasteiger partial charge in [-0.15, -0.1) is 11.8 Å². The second-order valence-electron chi connectivity index (χ2n) is 7.72. The van der Waals surface area contributed by atoms with E-state index in [0.717, 1.165) is 15.5 Å². The maximum atomic E-state index is 12.4. The van der Waals surface area contributed by atoms with E-state index in [2.05, 4.69) is 36.1 Å². The van der Waals surface area contributed by atoms with Crippen LogP contribution >= 0.6 is 23.1 Å². The third-order valence-electron chi connectivity index (χ3n) is 4.18. The number of nitrogens with one attached hydrogen (secondary N) is 1. The van der Waals surface area contributed by atoms with Gasteiger partial charge in [-0.1, -0.05) is 69.4 Å². The van der Waals surface area contributed by atoms with Crippen LogP contribution in [0, 0.1) is 5.92 Å². The average Bonchev–Trinajstić information content (AvgIpc) is 3.30. The van der Waals surface area contributed by atoms with Gasteiger partial charge in [0.1, 0.15) is 5.76 Å². The first-order chi connectivity index (χ1) is 13.3. The molecule has 0 spiro atoms. The van der Waals surface area contributed by atoms with Gasteiger partial charge < -0.3 is 9.73 Å². The third kappa shape index (κ3) is 5.69. The monoisotopic (exact) mass is 415 g/mol. The van der Waals surface area contributed by atoms with Gasteiger partial charge in [-0.05, 0) is 12.0 Å². The van der Waals surface area contributed by atoms with Crippen molar-refractivity contribution in [3.8, 4) is 0 Å². The first-order valence-corrected chi connectivity index (χ1v) is 11.0. The number of anilines is 1. The Balaban J connectivity index is 1.51. The Morgan fingerprint density at radius 1 is 1.21 bits per heavy atom. The van der Waals surface area contributed by atoms with Gasteiger partial charge in [-0.3, -0.25) is 4.79 Å². The number of carbonyl (C=O) groups is 1. The zero-order chi connectivity index (χ0) is 20.1. The summed E-state index contributed by atoms with van der Waals surface area (Å²) in [6.45, 7) is 8.23. The van der Waals surface area contributed by atoms with Crippen LogP contribution in [0.2, 0.25) is 0 Å². The predicted molar refractivity (Wildman–Crippen MR) is 115 cm³/mol. The second-order valence-corrected chi connectivity index (χ2v) is 10.0. The number of rotatable bonds is 7. The van der Waals surface area contributed by atoms with Gasteiger partial charge in [0, 0.05) is 11.3 Å². The Hall–Kier alpha value is -2.12. The van der Waals surface area contributed by atoms with Crippen LogP contribution in [0.5, 0.6) is 0 Å². The molecule has 0 fully saturated rings. The maximum absolute atomic E-state index is 12.4. The first kappa shape index (κ1) is 20.6. The number of benzene rings is 1. The van der Waals surface area contributed by atoms with E-state index in [1.165, 1.54) is 11.3 Å². The van der Waals surface area contributed by atoms with Gasteiger partial charge in [-0.25, -0.2) is 9.97 Å². The minimum Gasteiger partial charge on any atom is -0.444 e. The summed E-state index contributed by atoms with van der Waals surface area (Å²) in [7, 11) is 0. The van der Waals surface area contributed by atoms with Gasteiger partial charge >= 0.3 is 0 Å². The van der Waals surface area contributed by atoms with Crippen molar-refractivity contribution in [1.29, 1.82) is 0 Å². The Morgan fingerprint density at radius 3 is 2.64 bits per heavy atom. The number of hydrogen-bond acceptors (Lipinski definition) is 6. The van der Waals surface area contributed by atoms with E-state index in [-0.39, 0.29) is 17.2 Å². The van der Waals surface area contributed by atoms with Crippen LogP contribution in [-0.4, -0.2) is 15.9 Å². The highest BCUT2D eigenvalue weighted by molar-refractivity contribution is 8.00. The maximum Gasteiger partial charge on any atom is 0.229 e. The molecule has 2 heterocycles. The molecule has 0 aliphatic rings. The number of nitrogens with zero attached hydrogens (tertiary/aromatic N) is 2. The molecule has 1 unspecified atom stereocenters. The Bertz CT molecular complexity index is 913. The van der Waals surface area contributed by atoms with Crippen molar-refractivity contribution in [2.45, 2.75) is 49.5 Å². The summed E-state index contributed by atoms with van der Waals surface area (Å²) < 4.78 is 6.83. The summed E-state index contributed by atoms with van der Waals surface area (Å²) in [5, 5.41) is 3.54. The molecule has 2 aromatic heterocycles. The molecule has 1 aromatic carbocycles. The van der Waals surface area contributed by atoms with E-state index in [4.69, 9.17) is 4.42 Å². The summed E-state index contributed by atoms with van der Waals surface area (Å²) >= 11 is 3.07. The molecule has 0 bridgehead atoms. The summed E-state index contributed by atoms with van der Waals surface area (Å²) in [6, 6.07) is 10.0. The number of thiazole rings is 1. The van der Waals surface area contributed by atoms with Crippen molar-refractivity contribution in [2.75, 3.05) is 5.32 Å². The fourth-order valence-corrected chi connectivity index (χ4v) is 4.26. The lowest BCUT2D eigenvalue weighted by atomic mass is 9.94. The average molecular weight is 416 g/mol. The lowest BCUT2D eigenvalue weighted by molar-refractivity contribution is -0.119. The van der Waals surface area contributed by atoms with Crippen LogP contribution < -0.4 is 5.32 Å². The molecule has 5 nitrogen and oxygen atoms in total. The lowest BCUT2D eigenvalue weighted by Crippen LogP contribution is -2.22. The molecule has 0 aliphatic heterocycles. The Morgan fingerprint density at radius 2 is 1.96 bits per heavy atom. The molecule has 1 N–H and O–H groups in total. The Labute approximate surface area is 174 Å². The van der Waals surface area contributed by atoms with Crippen LogP contribution in [0.25, 0.3) is 0 Å². The number of hydrogen-bond donors (Lipinski definition) is 1. The largest absolute Gasteiger partial charge is 0.444 e. The summed E-state index contributed by atoms with van der Waals surface area (Å²) in [6.07, 6.45) is 4.28. The predicted octanol–water partition coefficient (Wildman–Crippen LogP) is 5.54. The zero-order valence-electron chi connectivity index (χ0n) is 16.6. The number of oxazole rings is 1. The second kappa shape index (κ2) is 8.92. The van der Waals surface area contributed by atoms with E-state index < -0.39 is 0 Å². The number of thioether (sulfide) groups is 1. The van der Waals surface area contributed by atoms with Crippen molar-refractivity contribution in [3.05, 3.63) is 59.9 Å². The standard InChI is InChI=1S/C21H25N3O2S2/c1-14(10-15-8-6-5-7-9-15)19(25)24-20-23-12-18(28-20)27-13-17-22-11-16(26-17)21(2,3)4/h5-9,11-12,14H,10,13H2,1-4H3,(H,23,24,25). The number of carbonyl (C=O) groups excluding carboxylic acids is 1. The van der Waals surface area contributed by atoms with E-state index in [1.54, 1.807) is 24.2 Å². The summed E-state index contributed by atoms with van der Waals surface area (Å²) in [5.41, 5.74) is 1.11. The van der Waals surface area contributed by atoms with Crippen molar-refractivity contribution >= 4 is 34.1 Å². The molecular weight excluding hydrogens is 390 g/mol. The SMILES string of the molecule is CC(Cc1ccccc1)C(=O)Nc1ncc(SCc2ncc(C(C)(C)C)o2)s1. The van der Waals surface area contributed by atoms with Gasteiger partial charge in [0.2, 0.25) is 11.8 Å². The van der Waals surface area contributed by atoms with E-state index in [1.807, 2.05) is 37.3 Å². The van der Waals surface area contributed by atoms with Gasteiger partial charge in [-0.2, -0.15) is 0 Å². The van der Waals surface area contributed by atoms with Gasteiger partial charge in [0.25, 0.3) is 0 Å². The van der Waals surface area contributed by atoms with Gasteiger partial charge in [0.05, 0.1) is 22.4 Å². The van der Waals surface area contributed by atoms with E-state index >= 15 is 0 Å². The Kier molecular flexibility index (Phi) is 6.57. The molecule has 0 saturated heterocycles. The molecule has 3 rings (SSSR count). The van der Waals surface area contributed by atoms with Crippen LogP contribution in [0.15, 0.2) is 51.4 Å². The van der Waals surface area contributed by atoms with Crippen LogP contribution in [0.3, 0.4) is 0 Å². The third-order valence-corrected chi connectivity index (χ3v) is 6.27. The van der Waals surface area contributed by atoms with Crippen LogP contribution in [0.4, 0.5) is 5.13 Å². The summed E-state index contributed by atoms with van der Waals surface area (Å²) in [5.74, 6) is 2.08. The van der Waals surface area contributed by atoms with Gasteiger partial charge in [0.15, 0.2) is 5.13 Å². The zero-order valence-corrected chi connectivity index (χ0v) is 18.2. The van der Waals surface area contributed by atoms with Crippen LogP contribution in [0.1, 0.15) is 44.9 Å². The van der Waals surface area contributed by atoms with Crippen molar-refractivity contribution < 1.29 is 9.21 Å².